The van der Waals surface area contributed by atoms with Gasteiger partial charge in [0.1, 0.15) is 17.8 Å². The molecule has 0 aliphatic rings. The molecule has 8 nitrogen and oxygen atoms in total. The van der Waals surface area contributed by atoms with Gasteiger partial charge in [-0.2, -0.15) is 19.4 Å². The first-order valence-electron chi connectivity index (χ1n) is 8.44. The molecule has 0 fully saturated rings. The quantitative estimate of drug-likeness (QED) is 0.392. The lowest BCUT2D eigenvalue weighted by Crippen LogP contribution is -2.33. The normalized spacial score (nSPS) is 11.8. The lowest BCUT2D eigenvalue weighted by atomic mass is 9.93. The van der Waals surface area contributed by atoms with Crippen molar-refractivity contribution in [1.82, 2.24) is 24.5 Å². The molecule has 8 heteroatoms. The Hall–Kier alpha value is -3.47. The van der Waals surface area contributed by atoms with Gasteiger partial charge in [0.2, 0.25) is 0 Å². The van der Waals surface area contributed by atoms with Crippen LogP contribution in [-0.4, -0.2) is 37.3 Å². The zero-order chi connectivity index (χ0) is 19.4. The highest BCUT2D eigenvalue weighted by atomic mass is 16.5. The lowest BCUT2D eigenvalue weighted by Gasteiger charge is -2.16. The van der Waals surface area contributed by atoms with Gasteiger partial charge >= 0.3 is 0 Å². The van der Waals surface area contributed by atoms with E-state index in [-0.39, 0.29) is 11.3 Å². The highest BCUT2D eigenvalue weighted by molar-refractivity contribution is 5.79. The number of hydrogen-bond acceptors (Lipinski definition) is 6. The molecule has 0 saturated heterocycles. The van der Waals surface area contributed by atoms with Gasteiger partial charge in [-0.1, -0.05) is 20.8 Å². The van der Waals surface area contributed by atoms with Crippen molar-refractivity contribution in [2.75, 3.05) is 6.61 Å². The van der Waals surface area contributed by atoms with Gasteiger partial charge in [0.25, 0.3) is 11.3 Å². The van der Waals surface area contributed by atoms with Gasteiger partial charge in [0.05, 0.1) is 12.8 Å². The minimum Gasteiger partial charge on any atom is -0.493 e. The molecule has 0 amide bonds. The van der Waals surface area contributed by atoms with Crippen molar-refractivity contribution in [2.45, 2.75) is 32.6 Å². The molecule has 27 heavy (non-hydrogen) atoms. The van der Waals surface area contributed by atoms with Crippen molar-refractivity contribution in [1.29, 1.82) is 0 Å². The Balaban J connectivity index is 1.92. The molecular weight excluding hydrogens is 344 g/mol. The van der Waals surface area contributed by atoms with E-state index in [9.17, 15) is 4.79 Å². The Morgan fingerprint density at radius 2 is 2.04 bits per heavy atom. The number of aromatic nitrogens is 5. The van der Waals surface area contributed by atoms with Crippen molar-refractivity contribution in [2.24, 2.45) is 5.10 Å². The molecule has 0 bridgehead atoms. The topological polar surface area (TPSA) is 86.7 Å². The number of benzene rings is 1. The molecule has 3 aromatic rings. The maximum Gasteiger partial charge on any atom is 0.298 e. The van der Waals surface area contributed by atoms with E-state index in [1.54, 1.807) is 6.21 Å². The third kappa shape index (κ3) is 4.03. The van der Waals surface area contributed by atoms with Gasteiger partial charge in [0, 0.05) is 11.8 Å². The maximum absolute atomic E-state index is 12.8. The molecular formula is C19H20N6O2. The van der Waals surface area contributed by atoms with Crippen LogP contribution in [0.1, 0.15) is 38.4 Å². The van der Waals surface area contributed by atoms with E-state index in [2.05, 4.69) is 26.3 Å². The van der Waals surface area contributed by atoms with E-state index >= 15 is 0 Å². The van der Waals surface area contributed by atoms with Gasteiger partial charge in [0.15, 0.2) is 0 Å². The average Bonchev–Trinajstić information content (AvgIpc) is 3.09. The van der Waals surface area contributed by atoms with E-state index in [1.807, 2.05) is 45.0 Å². The maximum atomic E-state index is 12.8. The molecule has 0 aliphatic carbocycles. The number of fused-ring (bicyclic) bond motifs is 1. The SMILES string of the molecule is C#CCCOc1ccc(/C=N/n2c(=O)c(C(C)(C)C)nn3cnnc23)cc1. The second kappa shape index (κ2) is 7.41. The van der Waals surface area contributed by atoms with Crippen LogP contribution >= 0.6 is 0 Å². The fraction of sp³-hybridized carbons (Fsp3) is 0.316. The summed E-state index contributed by atoms with van der Waals surface area (Å²) in [6, 6.07) is 7.32. The minimum atomic E-state index is -0.440. The molecule has 0 saturated carbocycles. The molecule has 2 heterocycles. The van der Waals surface area contributed by atoms with Crippen molar-refractivity contribution >= 4 is 12.0 Å². The summed E-state index contributed by atoms with van der Waals surface area (Å²) >= 11 is 0. The zero-order valence-corrected chi connectivity index (χ0v) is 15.5. The summed E-state index contributed by atoms with van der Waals surface area (Å²) in [5.41, 5.74) is 0.417. The molecule has 3 rings (SSSR count). The predicted molar refractivity (Wildman–Crippen MR) is 102 cm³/mol. The van der Waals surface area contributed by atoms with Crippen molar-refractivity contribution in [3.05, 3.63) is 52.2 Å². The van der Waals surface area contributed by atoms with E-state index in [4.69, 9.17) is 11.2 Å². The highest BCUT2D eigenvalue weighted by Crippen LogP contribution is 2.16. The second-order valence-electron chi connectivity index (χ2n) is 6.91. The molecule has 0 spiro atoms. The van der Waals surface area contributed by atoms with E-state index in [0.29, 0.717) is 18.7 Å². The van der Waals surface area contributed by atoms with Crippen LogP contribution in [0.2, 0.25) is 0 Å². The summed E-state index contributed by atoms with van der Waals surface area (Å²) in [6.45, 7) is 6.22. The fourth-order valence-corrected chi connectivity index (χ4v) is 2.35. The summed E-state index contributed by atoms with van der Waals surface area (Å²) in [7, 11) is 0. The third-order valence-electron chi connectivity index (χ3n) is 3.73. The van der Waals surface area contributed by atoms with Crippen LogP contribution < -0.4 is 10.3 Å². The fourth-order valence-electron chi connectivity index (χ4n) is 2.35. The Bertz CT molecular complexity index is 1060. The Morgan fingerprint density at radius 1 is 1.30 bits per heavy atom. The van der Waals surface area contributed by atoms with Crippen LogP contribution in [0.25, 0.3) is 5.78 Å². The van der Waals surface area contributed by atoms with Crippen LogP contribution in [0.4, 0.5) is 0 Å². The van der Waals surface area contributed by atoms with Gasteiger partial charge in [-0.05, 0) is 29.8 Å². The van der Waals surface area contributed by atoms with E-state index in [0.717, 1.165) is 11.3 Å². The van der Waals surface area contributed by atoms with Crippen LogP contribution in [0, 0.1) is 12.3 Å². The smallest absolute Gasteiger partial charge is 0.298 e. The Labute approximate surface area is 156 Å². The van der Waals surface area contributed by atoms with E-state index < -0.39 is 5.41 Å². The van der Waals surface area contributed by atoms with Crippen LogP contribution in [0.3, 0.4) is 0 Å². The summed E-state index contributed by atoms with van der Waals surface area (Å²) < 4.78 is 8.16. The number of nitrogens with zero attached hydrogens (tertiary/aromatic N) is 6. The molecule has 0 unspecified atom stereocenters. The van der Waals surface area contributed by atoms with Crippen LogP contribution in [0.15, 0.2) is 40.5 Å². The van der Waals surface area contributed by atoms with Gasteiger partial charge < -0.3 is 4.74 Å². The second-order valence-corrected chi connectivity index (χ2v) is 6.91. The van der Waals surface area contributed by atoms with Gasteiger partial charge in [-0.25, -0.2) is 0 Å². The largest absolute Gasteiger partial charge is 0.493 e. The molecule has 0 radical (unpaired) electrons. The Morgan fingerprint density at radius 3 is 2.70 bits per heavy atom. The number of hydrogen-bond donors (Lipinski definition) is 0. The standard InChI is InChI=1S/C19H20N6O2/c1-5-6-11-27-15-9-7-14(8-10-15)12-21-25-17(26)16(19(2,3)4)23-24-13-20-22-18(24)25/h1,7-10,12-13H,6,11H2,2-4H3/b21-12+. The summed E-state index contributed by atoms with van der Waals surface area (Å²) in [5.74, 6) is 3.49. The summed E-state index contributed by atoms with van der Waals surface area (Å²) in [4.78, 5) is 12.8. The van der Waals surface area contributed by atoms with Crippen molar-refractivity contribution in [3.8, 4) is 18.1 Å². The number of ether oxygens (including phenoxy) is 1. The molecule has 138 valence electrons. The molecule has 2 aromatic heterocycles. The first-order chi connectivity index (χ1) is 12.9. The number of rotatable bonds is 5. The predicted octanol–water partition coefficient (Wildman–Crippen LogP) is 1.87. The summed E-state index contributed by atoms with van der Waals surface area (Å²) in [6.07, 6.45) is 8.78. The molecule has 0 N–H and O–H groups in total. The van der Waals surface area contributed by atoms with Crippen LogP contribution in [0.5, 0.6) is 5.75 Å². The first kappa shape index (κ1) is 18.3. The number of terminal acetylenes is 1. The minimum absolute atomic E-state index is 0.249. The van der Waals surface area contributed by atoms with Crippen LogP contribution in [-0.2, 0) is 5.41 Å². The van der Waals surface area contributed by atoms with Gasteiger partial charge in [-0.15, -0.1) is 22.5 Å². The Kier molecular flexibility index (Phi) is 5.03. The molecule has 1 aromatic carbocycles. The van der Waals surface area contributed by atoms with E-state index in [1.165, 1.54) is 15.5 Å². The van der Waals surface area contributed by atoms with Gasteiger partial charge in [-0.3, -0.25) is 4.79 Å². The van der Waals surface area contributed by atoms with Crippen molar-refractivity contribution < 1.29 is 4.74 Å². The highest BCUT2D eigenvalue weighted by Gasteiger charge is 2.23. The molecule has 0 aliphatic heterocycles. The zero-order valence-electron chi connectivity index (χ0n) is 15.5. The molecule has 0 atom stereocenters. The first-order valence-corrected chi connectivity index (χ1v) is 8.44. The van der Waals surface area contributed by atoms with Crippen molar-refractivity contribution in [3.63, 3.8) is 0 Å². The monoisotopic (exact) mass is 364 g/mol. The average molecular weight is 364 g/mol. The third-order valence-corrected chi connectivity index (χ3v) is 3.73. The summed E-state index contributed by atoms with van der Waals surface area (Å²) in [5, 5.41) is 16.4. The lowest BCUT2D eigenvalue weighted by molar-refractivity contribution is 0.327.